The average Bonchev–Trinajstić information content (AvgIpc) is 3.36. The number of thiazole rings is 1. The summed E-state index contributed by atoms with van der Waals surface area (Å²) in [6.07, 6.45) is 1.42. The van der Waals surface area contributed by atoms with Gasteiger partial charge in [0.05, 0.1) is 17.5 Å². The van der Waals surface area contributed by atoms with E-state index in [1.165, 1.54) is 34.8 Å². The summed E-state index contributed by atoms with van der Waals surface area (Å²) in [5.41, 5.74) is 1.22. The molecule has 2 N–H and O–H groups in total. The van der Waals surface area contributed by atoms with Gasteiger partial charge in [0.25, 0.3) is 0 Å². The van der Waals surface area contributed by atoms with Gasteiger partial charge in [0.15, 0.2) is 5.13 Å². The molecule has 0 aliphatic heterocycles. The first-order chi connectivity index (χ1) is 12.3. The normalized spacial score (nSPS) is 14.4. The van der Waals surface area contributed by atoms with Crippen molar-refractivity contribution in [1.29, 1.82) is 0 Å². The smallest absolute Gasteiger partial charge is 0.321 e. The molecule has 3 rings (SSSR count). The monoisotopic (exact) mass is 398 g/mol. The van der Waals surface area contributed by atoms with E-state index >= 15 is 0 Å². The Hall–Kier alpha value is -2.04. The molecule has 140 valence electrons. The Labute approximate surface area is 155 Å². The lowest BCUT2D eigenvalue weighted by Crippen LogP contribution is -2.30. The Balaban J connectivity index is 1.50. The number of benzene rings is 1. The molecule has 1 aromatic carbocycles. The Kier molecular flexibility index (Phi) is 5.54. The first-order valence-corrected chi connectivity index (χ1v) is 10.4. The van der Waals surface area contributed by atoms with Crippen molar-refractivity contribution in [3.63, 3.8) is 0 Å². The number of anilines is 1. The zero-order valence-corrected chi connectivity index (χ0v) is 15.7. The lowest BCUT2D eigenvalue weighted by molar-refractivity contribution is 0.251. The summed E-state index contributed by atoms with van der Waals surface area (Å²) < 4.78 is 38.6. The van der Waals surface area contributed by atoms with Crippen molar-refractivity contribution in [2.75, 3.05) is 12.4 Å². The lowest BCUT2D eigenvalue weighted by Gasteiger charge is -2.15. The van der Waals surface area contributed by atoms with Crippen LogP contribution in [0.2, 0.25) is 0 Å². The van der Waals surface area contributed by atoms with Crippen LogP contribution in [0.4, 0.5) is 14.3 Å². The molecule has 0 bridgehead atoms. The fraction of sp³-hybridized carbons (Fsp3) is 0.375. The molecular formula is C16H19FN4O3S2. The van der Waals surface area contributed by atoms with Crippen molar-refractivity contribution in [3.05, 3.63) is 46.7 Å². The summed E-state index contributed by atoms with van der Waals surface area (Å²) >= 11 is 1.21. The van der Waals surface area contributed by atoms with Crippen LogP contribution in [0.1, 0.15) is 24.1 Å². The number of carbonyl (C=O) groups is 1. The first kappa shape index (κ1) is 18.7. The molecule has 1 aliphatic carbocycles. The van der Waals surface area contributed by atoms with Crippen LogP contribution in [-0.2, 0) is 23.1 Å². The molecule has 2 aromatic rings. The van der Waals surface area contributed by atoms with E-state index in [1.54, 1.807) is 17.5 Å². The summed E-state index contributed by atoms with van der Waals surface area (Å²) in [4.78, 5) is 16.1. The standard InChI is InChI=1S/C16H19FN4O3S2/c1-21(26(23,24)14-5-6-14)9-13-10-25-16(19-13)20-15(22)18-8-11-3-2-4-12(17)7-11/h2-4,7,10,14H,5-6,8-9H2,1H3,(H2,18,19,20,22). The van der Waals surface area contributed by atoms with E-state index in [1.807, 2.05) is 0 Å². The van der Waals surface area contributed by atoms with Gasteiger partial charge in [-0.2, -0.15) is 4.31 Å². The minimum absolute atomic E-state index is 0.169. The van der Waals surface area contributed by atoms with Crippen LogP contribution >= 0.6 is 11.3 Å². The molecule has 1 heterocycles. The molecule has 0 atom stereocenters. The Bertz CT molecular complexity index is 896. The maximum atomic E-state index is 13.1. The second kappa shape index (κ2) is 7.68. The lowest BCUT2D eigenvalue weighted by atomic mass is 10.2. The molecule has 2 amide bonds. The van der Waals surface area contributed by atoms with E-state index in [-0.39, 0.29) is 24.2 Å². The molecular weight excluding hydrogens is 379 g/mol. The number of hydrogen-bond acceptors (Lipinski definition) is 5. The Morgan fingerprint density at radius 2 is 2.19 bits per heavy atom. The highest BCUT2D eigenvalue weighted by Gasteiger charge is 2.38. The minimum atomic E-state index is -3.25. The number of aromatic nitrogens is 1. The predicted octanol–water partition coefficient (Wildman–Crippen LogP) is 2.53. The molecule has 26 heavy (non-hydrogen) atoms. The van der Waals surface area contributed by atoms with Crippen molar-refractivity contribution in [2.24, 2.45) is 0 Å². The van der Waals surface area contributed by atoms with Crippen LogP contribution in [-0.4, -0.2) is 36.0 Å². The highest BCUT2D eigenvalue weighted by atomic mass is 32.2. The maximum absolute atomic E-state index is 13.1. The number of nitrogens with one attached hydrogen (secondary N) is 2. The number of sulfonamides is 1. The van der Waals surface area contributed by atoms with Crippen LogP contribution in [0.15, 0.2) is 29.6 Å². The molecule has 1 aromatic heterocycles. The second-order valence-corrected chi connectivity index (χ2v) is 9.26. The summed E-state index contributed by atoms with van der Waals surface area (Å²) in [5, 5.41) is 7.02. The van der Waals surface area contributed by atoms with Gasteiger partial charge in [-0.1, -0.05) is 12.1 Å². The van der Waals surface area contributed by atoms with Crippen LogP contribution in [0, 0.1) is 5.82 Å². The van der Waals surface area contributed by atoms with E-state index in [0.717, 1.165) is 0 Å². The minimum Gasteiger partial charge on any atom is -0.334 e. The van der Waals surface area contributed by atoms with Crippen LogP contribution < -0.4 is 10.6 Å². The molecule has 1 aliphatic rings. The van der Waals surface area contributed by atoms with E-state index in [2.05, 4.69) is 15.6 Å². The van der Waals surface area contributed by atoms with E-state index < -0.39 is 16.1 Å². The topological polar surface area (TPSA) is 91.4 Å². The van der Waals surface area contributed by atoms with Crippen molar-refractivity contribution in [3.8, 4) is 0 Å². The van der Waals surface area contributed by atoms with Gasteiger partial charge in [0.1, 0.15) is 5.82 Å². The molecule has 0 saturated heterocycles. The van der Waals surface area contributed by atoms with Crippen LogP contribution in [0.3, 0.4) is 0 Å². The van der Waals surface area contributed by atoms with Gasteiger partial charge in [-0.25, -0.2) is 22.6 Å². The average molecular weight is 398 g/mol. The third-order valence-corrected chi connectivity index (χ3v) is 7.00. The van der Waals surface area contributed by atoms with Crippen LogP contribution in [0.5, 0.6) is 0 Å². The van der Waals surface area contributed by atoms with Gasteiger partial charge in [-0.3, -0.25) is 5.32 Å². The highest BCUT2D eigenvalue weighted by Crippen LogP contribution is 2.31. The summed E-state index contributed by atoms with van der Waals surface area (Å²) in [6, 6.07) is 5.50. The number of halogens is 1. The molecule has 10 heteroatoms. The summed E-state index contributed by atoms with van der Waals surface area (Å²) in [7, 11) is -1.72. The van der Waals surface area contributed by atoms with Gasteiger partial charge < -0.3 is 5.32 Å². The van der Waals surface area contributed by atoms with Crippen molar-refractivity contribution in [2.45, 2.75) is 31.2 Å². The third-order valence-electron chi connectivity index (χ3n) is 3.88. The fourth-order valence-electron chi connectivity index (χ4n) is 2.35. The molecule has 1 saturated carbocycles. The number of carbonyl (C=O) groups excluding carboxylic acids is 1. The molecule has 7 nitrogen and oxygen atoms in total. The van der Waals surface area contributed by atoms with Gasteiger partial charge in [0.2, 0.25) is 10.0 Å². The third kappa shape index (κ3) is 4.77. The molecule has 0 spiro atoms. The van der Waals surface area contributed by atoms with Gasteiger partial charge >= 0.3 is 6.03 Å². The van der Waals surface area contributed by atoms with E-state index in [4.69, 9.17) is 0 Å². The zero-order chi connectivity index (χ0) is 18.7. The summed E-state index contributed by atoms with van der Waals surface area (Å²) in [5.74, 6) is -0.362. The number of amides is 2. The van der Waals surface area contributed by atoms with Gasteiger partial charge in [0, 0.05) is 19.0 Å². The molecule has 0 unspecified atom stereocenters. The van der Waals surface area contributed by atoms with E-state index in [9.17, 15) is 17.6 Å². The second-order valence-electron chi connectivity index (χ2n) is 6.08. The first-order valence-electron chi connectivity index (χ1n) is 8.03. The quantitative estimate of drug-likeness (QED) is 0.750. The Morgan fingerprint density at radius 1 is 1.42 bits per heavy atom. The number of rotatable bonds is 7. The largest absolute Gasteiger partial charge is 0.334 e. The molecule has 0 radical (unpaired) electrons. The van der Waals surface area contributed by atoms with Crippen molar-refractivity contribution >= 4 is 32.5 Å². The van der Waals surface area contributed by atoms with Gasteiger partial charge in [-0.05, 0) is 30.5 Å². The predicted molar refractivity (Wildman–Crippen MR) is 97.8 cm³/mol. The number of hydrogen-bond donors (Lipinski definition) is 2. The SMILES string of the molecule is CN(Cc1csc(NC(=O)NCc2cccc(F)c2)n1)S(=O)(=O)C1CC1. The number of nitrogens with zero attached hydrogens (tertiary/aromatic N) is 2. The highest BCUT2D eigenvalue weighted by molar-refractivity contribution is 7.90. The number of urea groups is 1. The van der Waals surface area contributed by atoms with Crippen molar-refractivity contribution in [1.82, 2.24) is 14.6 Å². The van der Waals surface area contributed by atoms with Crippen LogP contribution in [0.25, 0.3) is 0 Å². The van der Waals surface area contributed by atoms with Gasteiger partial charge in [-0.15, -0.1) is 11.3 Å². The Morgan fingerprint density at radius 3 is 2.88 bits per heavy atom. The molecule has 1 fully saturated rings. The van der Waals surface area contributed by atoms with E-state index in [0.29, 0.717) is 29.2 Å². The van der Waals surface area contributed by atoms with Crippen molar-refractivity contribution < 1.29 is 17.6 Å². The maximum Gasteiger partial charge on any atom is 0.321 e. The summed E-state index contributed by atoms with van der Waals surface area (Å²) in [6.45, 7) is 0.353. The zero-order valence-electron chi connectivity index (χ0n) is 14.1. The fourth-order valence-corrected chi connectivity index (χ4v) is 4.60.